The number of hydrogen-bond donors (Lipinski definition) is 2. The van der Waals surface area contributed by atoms with Crippen molar-refractivity contribution in [1.82, 2.24) is 19.7 Å². The fourth-order valence-electron chi connectivity index (χ4n) is 1.66. The molecule has 0 unspecified atom stereocenters. The van der Waals surface area contributed by atoms with Crippen molar-refractivity contribution in [1.29, 1.82) is 0 Å². The van der Waals surface area contributed by atoms with Gasteiger partial charge >= 0.3 is 18.0 Å². The summed E-state index contributed by atoms with van der Waals surface area (Å²) in [6.45, 7) is 1.54. The third-order valence-electron chi connectivity index (χ3n) is 2.64. The van der Waals surface area contributed by atoms with Gasteiger partial charge in [-0.05, 0) is 18.4 Å². The Morgan fingerprint density at radius 2 is 1.92 bits per heavy atom. The highest BCUT2D eigenvalue weighted by Gasteiger charge is 2.27. The van der Waals surface area contributed by atoms with Gasteiger partial charge in [0.05, 0.1) is 19.8 Å². The van der Waals surface area contributed by atoms with Crippen molar-refractivity contribution in [3.8, 4) is 6.01 Å². The number of nitrogens with zero attached hydrogens (tertiary/aromatic N) is 3. The predicted molar refractivity (Wildman–Crippen MR) is 86.1 cm³/mol. The minimum Gasteiger partial charge on any atom is -0.467 e. The second-order valence-electron chi connectivity index (χ2n) is 4.37. The van der Waals surface area contributed by atoms with E-state index in [1.807, 2.05) is 0 Å². The van der Waals surface area contributed by atoms with Crippen LogP contribution in [0.15, 0.2) is 15.7 Å². The van der Waals surface area contributed by atoms with Crippen molar-refractivity contribution in [2.45, 2.75) is 11.1 Å². The molecule has 2 heterocycles. The van der Waals surface area contributed by atoms with Gasteiger partial charge in [0.1, 0.15) is 5.82 Å². The average molecular weight is 387 g/mol. The van der Waals surface area contributed by atoms with Crippen molar-refractivity contribution in [3.05, 3.63) is 22.8 Å². The Bertz CT molecular complexity index is 910. The fourth-order valence-corrected chi connectivity index (χ4v) is 3.90. The molecule has 0 aliphatic heterocycles. The number of methoxy groups -OCH3 is 2. The van der Waals surface area contributed by atoms with Crippen LogP contribution < -0.4 is 14.8 Å². The first-order chi connectivity index (χ1) is 11.8. The van der Waals surface area contributed by atoms with E-state index in [0.717, 1.165) is 18.4 Å². The second-order valence-corrected chi connectivity index (χ2v) is 7.16. The van der Waals surface area contributed by atoms with Crippen molar-refractivity contribution in [2.75, 3.05) is 19.5 Å². The summed E-state index contributed by atoms with van der Waals surface area (Å²) < 4.78 is 35.3. The Labute approximate surface area is 146 Å². The van der Waals surface area contributed by atoms with Crippen LogP contribution in [0.5, 0.6) is 6.01 Å². The van der Waals surface area contributed by atoms with E-state index in [2.05, 4.69) is 25.0 Å². The summed E-state index contributed by atoms with van der Waals surface area (Å²) in [4.78, 5) is 34.9. The van der Waals surface area contributed by atoms with Crippen LogP contribution in [0.2, 0.25) is 0 Å². The molecule has 0 spiro atoms. The number of rotatable bonds is 5. The number of esters is 1. The lowest BCUT2D eigenvalue weighted by Crippen LogP contribution is -2.35. The standard InChI is InChI=1S/C12H13N5O6S2/c1-6-13-10(16-12(14-6)23-3)15-11(19)17-25(20,21)9-7(4-5-24-9)8(18)22-2/h4-5H,1-3H3,(H2,13,14,15,16,17,19). The van der Waals surface area contributed by atoms with E-state index in [-0.39, 0.29) is 27.6 Å². The van der Waals surface area contributed by atoms with E-state index in [4.69, 9.17) is 4.74 Å². The number of carbonyl (C=O) groups is 2. The zero-order chi connectivity index (χ0) is 18.6. The second kappa shape index (κ2) is 7.40. The first-order valence-electron chi connectivity index (χ1n) is 6.53. The number of nitrogens with one attached hydrogen (secondary N) is 2. The van der Waals surface area contributed by atoms with E-state index in [1.54, 1.807) is 4.72 Å². The smallest absolute Gasteiger partial charge is 0.340 e. The molecule has 134 valence electrons. The van der Waals surface area contributed by atoms with Crippen molar-refractivity contribution >= 4 is 39.3 Å². The molecule has 2 aromatic heterocycles. The lowest BCUT2D eigenvalue weighted by Gasteiger charge is -2.08. The highest BCUT2D eigenvalue weighted by Crippen LogP contribution is 2.23. The number of aromatic nitrogens is 3. The number of aryl methyl sites for hydroxylation is 1. The maximum Gasteiger partial charge on any atom is 0.340 e. The summed E-state index contributed by atoms with van der Waals surface area (Å²) in [6, 6.07) is 0.122. The SMILES string of the molecule is COC(=O)c1ccsc1S(=O)(=O)NC(=O)Nc1nc(C)nc(OC)n1. The number of urea groups is 1. The largest absolute Gasteiger partial charge is 0.467 e. The summed E-state index contributed by atoms with van der Waals surface area (Å²) >= 11 is 0.764. The Kier molecular flexibility index (Phi) is 5.48. The maximum atomic E-state index is 12.3. The molecule has 0 aromatic carbocycles. The Hall–Kier alpha value is -2.80. The van der Waals surface area contributed by atoms with E-state index >= 15 is 0 Å². The first kappa shape index (κ1) is 18.5. The molecular weight excluding hydrogens is 374 g/mol. The molecule has 2 aromatic rings. The average Bonchev–Trinajstić information content (AvgIpc) is 3.03. The van der Waals surface area contributed by atoms with Gasteiger partial charge in [0.15, 0.2) is 4.21 Å². The normalized spacial score (nSPS) is 10.8. The summed E-state index contributed by atoms with van der Waals surface area (Å²) in [5.41, 5.74) is -0.175. The molecule has 0 aliphatic rings. The summed E-state index contributed by atoms with van der Waals surface area (Å²) in [6.07, 6.45) is 0. The molecule has 13 heteroatoms. The number of sulfonamides is 1. The quantitative estimate of drug-likeness (QED) is 0.701. The van der Waals surface area contributed by atoms with Crippen LogP contribution in [0.1, 0.15) is 16.2 Å². The summed E-state index contributed by atoms with van der Waals surface area (Å²) in [5, 5.41) is 3.54. The minimum absolute atomic E-state index is 0.0445. The molecule has 0 atom stereocenters. The Balaban J connectivity index is 2.19. The number of thiophene rings is 1. The number of amides is 2. The molecule has 0 aliphatic carbocycles. The molecule has 2 amide bonds. The van der Waals surface area contributed by atoms with Gasteiger partial charge in [-0.3, -0.25) is 5.32 Å². The molecule has 11 nitrogen and oxygen atoms in total. The Morgan fingerprint density at radius 1 is 1.20 bits per heavy atom. The van der Waals surface area contributed by atoms with Crippen molar-refractivity contribution in [3.63, 3.8) is 0 Å². The summed E-state index contributed by atoms with van der Waals surface area (Å²) in [7, 11) is -1.85. The monoisotopic (exact) mass is 387 g/mol. The van der Waals surface area contributed by atoms with Crippen LogP contribution >= 0.6 is 11.3 Å². The van der Waals surface area contributed by atoms with Crippen LogP contribution in [0, 0.1) is 6.92 Å². The zero-order valence-electron chi connectivity index (χ0n) is 13.3. The van der Waals surface area contributed by atoms with E-state index < -0.39 is 22.0 Å². The molecule has 2 rings (SSSR count). The van der Waals surface area contributed by atoms with Gasteiger partial charge in [0.25, 0.3) is 10.0 Å². The molecule has 0 radical (unpaired) electrons. The molecule has 0 saturated carbocycles. The van der Waals surface area contributed by atoms with Crippen LogP contribution in [0.25, 0.3) is 0 Å². The number of carbonyl (C=O) groups excluding carboxylic acids is 2. The predicted octanol–water partition coefficient (Wildman–Crippen LogP) is 0.547. The Morgan fingerprint density at radius 3 is 2.56 bits per heavy atom. The molecule has 2 N–H and O–H groups in total. The van der Waals surface area contributed by atoms with Crippen LogP contribution in [-0.2, 0) is 14.8 Å². The number of anilines is 1. The molecule has 0 saturated heterocycles. The topological polar surface area (TPSA) is 149 Å². The summed E-state index contributed by atoms with van der Waals surface area (Å²) in [5.74, 6) is -0.771. The van der Waals surface area contributed by atoms with E-state index in [9.17, 15) is 18.0 Å². The fraction of sp³-hybridized carbons (Fsp3) is 0.250. The lowest BCUT2D eigenvalue weighted by atomic mass is 10.3. The van der Waals surface area contributed by atoms with Crippen LogP contribution in [0.4, 0.5) is 10.7 Å². The van der Waals surface area contributed by atoms with Crippen LogP contribution in [-0.4, -0.2) is 49.6 Å². The highest BCUT2D eigenvalue weighted by molar-refractivity contribution is 7.92. The van der Waals surface area contributed by atoms with Gasteiger partial charge in [0.2, 0.25) is 5.95 Å². The van der Waals surface area contributed by atoms with E-state index in [1.165, 1.54) is 25.5 Å². The molecule has 0 bridgehead atoms. The van der Waals surface area contributed by atoms with Crippen molar-refractivity contribution in [2.24, 2.45) is 0 Å². The zero-order valence-corrected chi connectivity index (χ0v) is 14.9. The lowest BCUT2D eigenvalue weighted by molar-refractivity contribution is 0.0597. The highest BCUT2D eigenvalue weighted by atomic mass is 32.2. The first-order valence-corrected chi connectivity index (χ1v) is 8.89. The van der Waals surface area contributed by atoms with Crippen molar-refractivity contribution < 1.29 is 27.5 Å². The maximum absolute atomic E-state index is 12.3. The third-order valence-corrected chi connectivity index (χ3v) is 5.46. The molecule has 25 heavy (non-hydrogen) atoms. The van der Waals surface area contributed by atoms with Gasteiger partial charge in [0, 0.05) is 0 Å². The van der Waals surface area contributed by atoms with Gasteiger partial charge in [-0.1, -0.05) is 0 Å². The number of hydrogen-bond acceptors (Lipinski definition) is 10. The molecular formula is C12H13N5O6S2. The minimum atomic E-state index is -4.29. The van der Waals surface area contributed by atoms with Gasteiger partial charge < -0.3 is 9.47 Å². The number of ether oxygens (including phenoxy) is 2. The molecule has 0 fully saturated rings. The van der Waals surface area contributed by atoms with Gasteiger partial charge in [-0.25, -0.2) is 22.7 Å². The van der Waals surface area contributed by atoms with Gasteiger partial charge in [-0.2, -0.15) is 15.0 Å². The third kappa shape index (κ3) is 4.39. The van der Waals surface area contributed by atoms with E-state index in [0.29, 0.717) is 0 Å². The van der Waals surface area contributed by atoms with Gasteiger partial charge in [-0.15, -0.1) is 11.3 Å². The van der Waals surface area contributed by atoms with Crippen LogP contribution in [0.3, 0.4) is 0 Å².